The van der Waals surface area contributed by atoms with E-state index >= 15 is 0 Å². The molecule has 0 bridgehead atoms. The number of hydrogen-bond donors (Lipinski definition) is 3. The van der Waals surface area contributed by atoms with Crippen LogP contribution in [-0.2, 0) is 19.1 Å². The Bertz CT molecular complexity index is 1060. The SMILES string of the molecule is CSCC[C@H](NC(=O)C1(C)COCC1NC(=O)OCC1c2ccccc2-c2ccccc21)C(=O)O. The summed E-state index contributed by atoms with van der Waals surface area (Å²) in [5.74, 6) is -1.02. The predicted molar refractivity (Wildman–Crippen MR) is 133 cm³/mol. The largest absolute Gasteiger partial charge is 0.480 e. The van der Waals surface area contributed by atoms with E-state index in [1.165, 1.54) is 11.8 Å². The van der Waals surface area contributed by atoms with Crippen molar-refractivity contribution >= 4 is 29.7 Å². The number of carbonyl (C=O) groups excluding carboxylic acids is 2. The minimum Gasteiger partial charge on any atom is -0.480 e. The van der Waals surface area contributed by atoms with Gasteiger partial charge in [0.25, 0.3) is 0 Å². The number of carboxylic acid groups (broad SMARTS) is 1. The van der Waals surface area contributed by atoms with Crippen molar-refractivity contribution in [3.63, 3.8) is 0 Å². The van der Waals surface area contributed by atoms with Crippen molar-refractivity contribution < 1.29 is 29.0 Å². The van der Waals surface area contributed by atoms with Crippen LogP contribution in [-0.4, -0.2) is 67.0 Å². The van der Waals surface area contributed by atoms with Crippen LogP contribution >= 0.6 is 11.8 Å². The summed E-state index contributed by atoms with van der Waals surface area (Å²) in [6.07, 6.45) is 1.55. The highest BCUT2D eigenvalue weighted by Crippen LogP contribution is 2.44. The molecular formula is C26H30N2O6S. The van der Waals surface area contributed by atoms with Crippen molar-refractivity contribution in [2.45, 2.75) is 31.3 Å². The lowest BCUT2D eigenvalue weighted by Gasteiger charge is -2.30. The molecule has 2 aromatic rings. The zero-order valence-corrected chi connectivity index (χ0v) is 20.6. The van der Waals surface area contributed by atoms with Crippen molar-refractivity contribution in [1.29, 1.82) is 0 Å². The lowest BCUT2D eigenvalue weighted by atomic mass is 9.84. The van der Waals surface area contributed by atoms with Crippen molar-refractivity contribution in [2.24, 2.45) is 5.41 Å². The highest BCUT2D eigenvalue weighted by molar-refractivity contribution is 7.98. The highest BCUT2D eigenvalue weighted by Gasteiger charge is 2.48. The fourth-order valence-electron chi connectivity index (χ4n) is 4.70. The molecule has 3 atom stereocenters. The maximum atomic E-state index is 13.0. The number of rotatable bonds is 9. The molecule has 0 radical (unpaired) electrons. The third-order valence-corrected chi connectivity index (χ3v) is 7.47. The van der Waals surface area contributed by atoms with E-state index in [2.05, 4.69) is 22.8 Å². The van der Waals surface area contributed by atoms with Gasteiger partial charge in [0.15, 0.2) is 0 Å². The number of amides is 2. The molecule has 9 heteroatoms. The second-order valence-electron chi connectivity index (χ2n) is 9.10. The van der Waals surface area contributed by atoms with Gasteiger partial charge >= 0.3 is 12.1 Å². The summed E-state index contributed by atoms with van der Waals surface area (Å²) in [6, 6.07) is 14.5. The number of ether oxygens (including phenoxy) is 2. The normalized spacial score (nSPS) is 21.6. The first kappa shape index (κ1) is 25.1. The van der Waals surface area contributed by atoms with Gasteiger partial charge in [0.1, 0.15) is 12.6 Å². The number of thioether (sulfide) groups is 1. The van der Waals surface area contributed by atoms with Gasteiger partial charge in [-0.2, -0.15) is 11.8 Å². The Labute approximate surface area is 208 Å². The lowest BCUT2D eigenvalue weighted by Crippen LogP contribution is -2.56. The van der Waals surface area contributed by atoms with Crippen molar-refractivity contribution in [3.05, 3.63) is 59.7 Å². The van der Waals surface area contributed by atoms with Gasteiger partial charge in [-0.25, -0.2) is 9.59 Å². The van der Waals surface area contributed by atoms with Crippen LogP contribution in [0.5, 0.6) is 0 Å². The maximum Gasteiger partial charge on any atom is 0.407 e. The molecule has 1 aliphatic heterocycles. The molecule has 0 saturated carbocycles. The number of hydrogen-bond acceptors (Lipinski definition) is 6. The number of benzene rings is 2. The van der Waals surface area contributed by atoms with Gasteiger partial charge in [0.05, 0.1) is 24.7 Å². The summed E-state index contributed by atoms with van der Waals surface area (Å²) in [7, 11) is 0. The Morgan fingerprint density at radius 2 is 1.77 bits per heavy atom. The summed E-state index contributed by atoms with van der Waals surface area (Å²) < 4.78 is 11.1. The quantitative estimate of drug-likeness (QED) is 0.486. The summed E-state index contributed by atoms with van der Waals surface area (Å²) in [5, 5.41) is 14.8. The Hall–Kier alpha value is -3.04. The van der Waals surface area contributed by atoms with Gasteiger partial charge in [-0.3, -0.25) is 4.79 Å². The Kier molecular flexibility index (Phi) is 7.66. The summed E-state index contributed by atoms with van der Waals surface area (Å²) >= 11 is 1.51. The van der Waals surface area contributed by atoms with E-state index < -0.39 is 35.5 Å². The molecular weight excluding hydrogens is 468 g/mol. The van der Waals surface area contributed by atoms with Crippen LogP contribution < -0.4 is 10.6 Å². The number of fused-ring (bicyclic) bond motifs is 3. The van der Waals surface area contributed by atoms with E-state index in [4.69, 9.17) is 9.47 Å². The Balaban J connectivity index is 1.39. The van der Waals surface area contributed by atoms with Crippen LogP contribution in [0.2, 0.25) is 0 Å². The van der Waals surface area contributed by atoms with Gasteiger partial charge < -0.3 is 25.2 Å². The number of aliphatic carboxylic acids is 1. The van der Waals surface area contributed by atoms with Crippen LogP contribution in [0.3, 0.4) is 0 Å². The van der Waals surface area contributed by atoms with Crippen molar-refractivity contribution in [3.8, 4) is 11.1 Å². The van der Waals surface area contributed by atoms with E-state index in [1.807, 2.05) is 42.7 Å². The van der Waals surface area contributed by atoms with Gasteiger partial charge in [0.2, 0.25) is 5.91 Å². The third kappa shape index (κ3) is 5.16. The Morgan fingerprint density at radius 3 is 2.37 bits per heavy atom. The zero-order chi connectivity index (χ0) is 25.0. The molecule has 2 amide bonds. The molecule has 1 fully saturated rings. The number of alkyl carbamates (subject to hydrolysis) is 1. The molecule has 8 nitrogen and oxygen atoms in total. The molecule has 4 rings (SSSR count). The van der Waals surface area contributed by atoms with E-state index in [-0.39, 0.29) is 25.7 Å². The Morgan fingerprint density at radius 1 is 1.14 bits per heavy atom. The first-order chi connectivity index (χ1) is 16.8. The van der Waals surface area contributed by atoms with Crippen LogP contribution in [0.25, 0.3) is 11.1 Å². The van der Waals surface area contributed by atoms with E-state index in [0.29, 0.717) is 12.2 Å². The zero-order valence-electron chi connectivity index (χ0n) is 19.8. The second-order valence-corrected chi connectivity index (χ2v) is 10.1. The van der Waals surface area contributed by atoms with Gasteiger partial charge in [-0.15, -0.1) is 0 Å². The molecule has 1 heterocycles. The van der Waals surface area contributed by atoms with Crippen molar-refractivity contribution in [2.75, 3.05) is 31.8 Å². The van der Waals surface area contributed by atoms with Crippen LogP contribution in [0.1, 0.15) is 30.4 Å². The smallest absolute Gasteiger partial charge is 0.407 e. The molecule has 3 N–H and O–H groups in total. The minimum absolute atomic E-state index is 0.0715. The molecule has 2 unspecified atom stereocenters. The molecule has 1 aliphatic carbocycles. The maximum absolute atomic E-state index is 13.0. The van der Waals surface area contributed by atoms with Crippen LogP contribution in [0.4, 0.5) is 4.79 Å². The predicted octanol–water partition coefficient (Wildman–Crippen LogP) is 3.25. The summed E-state index contributed by atoms with van der Waals surface area (Å²) in [5.41, 5.74) is 3.39. The third-order valence-electron chi connectivity index (χ3n) is 6.82. The second kappa shape index (κ2) is 10.7. The van der Waals surface area contributed by atoms with E-state index in [1.54, 1.807) is 6.92 Å². The topological polar surface area (TPSA) is 114 Å². The number of carboxylic acids is 1. The average molecular weight is 499 g/mol. The van der Waals surface area contributed by atoms with Gasteiger partial charge in [-0.05, 0) is 47.6 Å². The monoisotopic (exact) mass is 498 g/mol. The minimum atomic E-state index is -1.11. The average Bonchev–Trinajstić information content (AvgIpc) is 3.38. The van der Waals surface area contributed by atoms with E-state index in [9.17, 15) is 19.5 Å². The fourth-order valence-corrected chi connectivity index (χ4v) is 5.17. The van der Waals surface area contributed by atoms with Crippen LogP contribution in [0, 0.1) is 5.41 Å². The van der Waals surface area contributed by atoms with E-state index in [0.717, 1.165) is 22.3 Å². The number of nitrogens with one attached hydrogen (secondary N) is 2. The first-order valence-electron chi connectivity index (χ1n) is 11.6. The molecule has 2 aromatic carbocycles. The standard InChI is InChI=1S/C26H30N2O6S/c1-26(24(31)27-21(23(29)30)11-12-35-2)15-33-14-22(26)28-25(32)34-13-20-18-9-5-3-7-16(18)17-8-4-6-10-19(17)20/h3-10,20-22H,11-15H2,1-2H3,(H,27,31)(H,28,32)(H,29,30)/t21-,22?,26?/m0/s1. The molecule has 2 aliphatic rings. The fraction of sp³-hybridized carbons (Fsp3) is 0.423. The summed E-state index contributed by atoms with van der Waals surface area (Å²) in [6.45, 7) is 2.03. The van der Waals surface area contributed by atoms with Crippen LogP contribution in [0.15, 0.2) is 48.5 Å². The lowest BCUT2D eigenvalue weighted by molar-refractivity contribution is -0.144. The molecule has 0 aromatic heterocycles. The summed E-state index contributed by atoms with van der Waals surface area (Å²) in [4.78, 5) is 37.3. The molecule has 35 heavy (non-hydrogen) atoms. The molecule has 186 valence electrons. The molecule has 0 spiro atoms. The highest BCUT2D eigenvalue weighted by atomic mass is 32.2. The van der Waals surface area contributed by atoms with Gasteiger partial charge in [0, 0.05) is 5.92 Å². The first-order valence-corrected chi connectivity index (χ1v) is 13.0. The molecule has 1 saturated heterocycles. The van der Waals surface area contributed by atoms with Crippen molar-refractivity contribution in [1.82, 2.24) is 10.6 Å². The van der Waals surface area contributed by atoms with Gasteiger partial charge in [-0.1, -0.05) is 48.5 Å². The number of carbonyl (C=O) groups is 3.